The Morgan fingerprint density at radius 2 is 2.03 bits per heavy atom. The first kappa shape index (κ1) is 24.7. The van der Waals surface area contributed by atoms with E-state index >= 15 is 0 Å². The predicted molar refractivity (Wildman–Crippen MR) is 136 cm³/mol. The first-order valence-corrected chi connectivity index (χ1v) is 12.1. The standard InChI is InChI=1S/C26H35N7O2/c1-16(2)13-28-8-9-32-15-18(14-29-32)30-21-10-19(6-7-20(21)25(27)35)33-22-11-26(4,5)12-23(34)24(22)17(3)31-33/h6-7,10,14-16,28,30H,8-9,11-13H2,1-5H3,(H2,27,35). The lowest BCUT2D eigenvalue weighted by Crippen LogP contribution is -2.28. The van der Waals surface area contributed by atoms with Gasteiger partial charge in [0.1, 0.15) is 0 Å². The van der Waals surface area contributed by atoms with Crippen LogP contribution in [-0.4, -0.2) is 44.3 Å². The second-order valence-corrected chi connectivity index (χ2v) is 10.6. The summed E-state index contributed by atoms with van der Waals surface area (Å²) in [5.74, 6) is 0.194. The van der Waals surface area contributed by atoms with Gasteiger partial charge in [0.05, 0.1) is 52.3 Å². The summed E-state index contributed by atoms with van der Waals surface area (Å²) in [4.78, 5) is 25.0. The lowest BCUT2D eigenvalue weighted by atomic mass is 9.75. The lowest BCUT2D eigenvalue weighted by molar-refractivity contribution is 0.0909. The number of hydrogen-bond acceptors (Lipinski definition) is 6. The Balaban J connectivity index is 1.62. The fourth-order valence-electron chi connectivity index (χ4n) is 4.63. The van der Waals surface area contributed by atoms with Crippen LogP contribution >= 0.6 is 0 Å². The zero-order valence-electron chi connectivity index (χ0n) is 21.2. The van der Waals surface area contributed by atoms with E-state index in [0.29, 0.717) is 29.2 Å². The van der Waals surface area contributed by atoms with Crippen LogP contribution in [0.3, 0.4) is 0 Å². The number of primary amides is 1. The molecule has 1 aliphatic rings. The number of hydrogen-bond donors (Lipinski definition) is 3. The minimum absolute atomic E-state index is 0.127. The number of carbonyl (C=O) groups is 2. The van der Waals surface area contributed by atoms with Gasteiger partial charge < -0.3 is 16.4 Å². The van der Waals surface area contributed by atoms with E-state index in [-0.39, 0.29) is 11.2 Å². The molecule has 9 nitrogen and oxygen atoms in total. The molecule has 0 spiro atoms. The number of ketones is 1. The van der Waals surface area contributed by atoms with Gasteiger partial charge in [-0.3, -0.25) is 14.3 Å². The maximum Gasteiger partial charge on any atom is 0.250 e. The highest BCUT2D eigenvalue weighted by Crippen LogP contribution is 2.37. The van der Waals surface area contributed by atoms with Gasteiger partial charge in [-0.2, -0.15) is 10.2 Å². The molecular weight excluding hydrogens is 442 g/mol. The molecule has 9 heteroatoms. The van der Waals surface area contributed by atoms with E-state index in [4.69, 9.17) is 5.73 Å². The first-order chi connectivity index (χ1) is 16.5. The minimum atomic E-state index is -0.528. The molecule has 186 valence electrons. The highest BCUT2D eigenvalue weighted by Gasteiger charge is 2.35. The Morgan fingerprint density at radius 3 is 2.74 bits per heavy atom. The van der Waals surface area contributed by atoms with Crippen LogP contribution in [0.5, 0.6) is 0 Å². The summed E-state index contributed by atoms with van der Waals surface area (Å²) < 4.78 is 3.67. The topological polar surface area (TPSA) is 120 Å². The van der Waals surface area contributed by atoms with E-state index in [2.05, 4.69) is 48.5 Å². The fourth-order valence-corrected chi connectivity index (χ4v) is 4.63. The van der Waals surface area contributed by atoms with Crippen LogP contribution < -0.4 is 16.4 Å². The van der Waals surface area contributed by atoms with E-state index in [1.54, 1.807) is 12.3 Å². The van der Waals surface area contributed by atoms with Crippen LogP contribution in [-0.2, 0) is 13.0 Å². The average Bonchev–Trinajstić information content (AvgIpc) is 3.33. The molecule has 2 heterocycles. The number of amides is 1. The zero-order chi connectivity index (χ0) is 25.3. The number of nitrogens with one attached hydrogen (secondary N) is 2. The molecule has 0 fully saturated rings. The van der Waals surface area contributed by atoms with Crippen molar-refractivity contribution in [2.24, 2.45) is 17.1 Å². The van der Waals surface area contributed by atoms with Gasteiger partial charge in [-0.25, -0.2) is 4.68 Å². The van der Waals surface area contributed by atoms with Crippen LogP contribution in [0.15, 0.2) is 30.6 Å². The normalized spacial score (nSPS) is 14.9. The number of anilines is 2. The number of rotatable bonds is 9. The van der Waals surface area contributed by atoms with Crippen molar-refractivity contribution >= 4 is 23.1 Å². The van der Waals surface area contributed by atoms with E-state index < -0.39 is 5.91 Å². The number of fused-ring (bicyclic) bond motifs is 1. The smallest absolute Gasteiger partial charge is 0.250 e. The summed E-state index contributed by atoms with van der Waals surface area (Å²) in [7, 11) is 0. The molecular formula is C26H35N7O2. The third kappa shape index (κ3) is 5.45. The molecule has 35 heavy (non-hydrogen) atoms. The summed E-state index contributed by atoms with van der Waals surface area (Å²) in [6.45, 7) is 12.9. The van der Waals surface area contributed by atoms with Crippen LogP contribution in [0.4, 0.5) is 11.4 Å². The van der Waals surface area contributed by atoms with Gasteiger partial charge in [-0.05, 0) is 49.4 Å². The minimum Gasteiger partial charge on any atom is -0.366 e. The number of aromatic nitrogens is 4. The summed E-state index contributed by atoms with van der Waals surface area (Å²) in [5.41, 5.74) is 10.3. The molecule has 4 rings (SSSR count). The molecule has 2 aromatic heterocycles. The molecule has 0 aliphatic heterocycles. The monoisotopic (exact) mass is 477 g/mol. The van der Waals surface area contributed by atoms with Gasteiger partial charge in [0.2, 0.25) is 0 Å². The quantitative estimate of drug-likeness (QED) is 0.405. The number of benzene rings is 1. The molecule has 3 aromatic rings. The molecule has 0 bridgehead atoms. The van der Waals surface area contributed by atoms with E-state index in [0.717, 1.165) is 48.8 Å². The fraction of sp³-hybridized carbons (Fsp3) is 0.462. The average molecular weight is 478 g/mol. The van der Waals surface area contributed by atoms with Crippen LogP contribution in [0.1, 0.15) is 66.2 Å². The van der Waals surface area contributed by atoms with Gasteiger partial charge in [0.15, 0.2) is 5.78 Å². The predicted octanol–water partition coefficient (Wildman–Crippen LogP) is 3.62. The number of nitrogens with zero attached hydrogens (tertiary/aromatic N) is 4. The van der Waals surface area contributed by atoms with Crippen molar-refractivity contribution in [3.05, 3.63) is 53.1 Å². The van der Waals surface area contributed by atoms with E-state index in [9.17, 15) is 9.59 Å². The molecule has 0 saturated carbocycles. The van der Waals surface area contributed by atoms with E-state index in [1.807, 2.05) is 34.6 Å². The second-order valence-electron chi connectivity index (χ2n) is 10.6. The van der Waals surface area contributed by atoms with Crippen LogP contribution in [0.25, 0.3) is 5.69 Å². The Labute approximate surface area is 206 Å². The maximum absolute atomic E-state index is 12.8. The van der Waals surface area contributed by atoms with Gasteiger partial charge in [-0.1, -0.05) is 27.7 Å². The van der Waals surface area contributed by atoms with Crippen molar-refractivity contribution in [1.29, 1.82) is 0 Å². The summed E-state index contributed by atoms with van der Waals surface area (Å²) in [5, 5.41) is 15.8. The Hall–Kier alpha value is -3.46. The SMILES string of the molecule is Cc1nn(-c2ccc(C(N)=O)c(Nc3cnn(CCNCC(C)C)c3)c2)c2c1C(=O)CC(C)(C)C2. The van der Waals surface area contributed by atoms with Crippen molar-refractivity contribution < 1.29 is 9.59 Å². The highest BCUT2D eigenvalue weighted by atomic mass is 16.1. The number of nitrogens with two attached hydrogens (primary N) is 1. The van der Waals surface area contributed by atoms with E-state index in [1.165, 1.54) is 0 Å². The second kappa shape index (κ2) is 9.65. The van der Waals surface area contributed by atoms with Gasteiger partial charge in [0.25, 0.3) is 5.91 Å². The van der Waals surface area contributed by atoms with Crippen LogP contribution in [0.2, 0.25) is 0 Å². The molecule has 1 aromatic carbocycles. The van der Waals surface area contributed by atoms with Crippen molar-refractivity contribution in [2.75, 3.05) is 18.4 Å². The van der Waals surface area contributed by atoms with Gasteiger partial charge >= 0.3 is 0 Å². The third-order valence-electron chi connectivity index (χ3n) is 6.22. The largest absolute Gasteiger partial charge is 0.366 e. The third-order valence-corrected chi connectivity index (χ3v) is 6.22. The molecule has 4 N–H and O–H groups in total. The number of aryl methyl sites for hydroxylation is 1. The molecule has 0 radical (unpaired) electrons. The summed E-state index contributed by atoms with van der Waals surface area (Å²) in [6.07, 6.45) is 4.88. The summed E-state index contributed by atoms with van der Waals surface area (Å²) in [6, 6.07) is 5.35. The summed E-state index contributed by atoms with van der Waals surface area (Å²) >= 11 is 0. The number of carbonyl (C=O) groups excluding carboxylic acids is 2. The maximum atomic E-state index is 12.8. The van der Waals surface area contributed by atoms with Gasteiger partial charge in [0, 0.05) is 19.2 Å². The molecule has 0 atom stereocenters. The Bertz CT molecular complexity index is 1250. The van der Waals surface area contributed by atoms with Crippen LogP contribution in [0, 0.1) is 18.3 Å². The van der Waals surface area contributed by atoms with Crippen molar-refractivity contribution in [1.82, 2.24) is 24.9 Å². The van der Waals surface area contributed by atoms with Crippen molar-refractivity contribution in [3.63, 3.8) is 0 Å². The highest BCUT2D eigenvalue weighted by molar-refractivity contribution is 6.01. The first-order valence-electron chi connectivity index (χ1n) is 12.1. The lowest BCUT2D eigenvalue weighted by Gasteiger charge is -2.29. The van der Waals surface area contributed by atoms with Crippen molar-refractivity contribution in [2.45, 2.75) is 54.0 Å². The Kier molecular flexibility index (Phi) is 6.80. The molecule has 1 amide bonds. The van der Waals surface area contributed by atoms with Crippen molar-refractivity contribution in [3.8, 4) is 5.69 Å². The molecule has 0 saturated heterocycles. The molecule has 0 unspecified atom stereocenters. The van der Waals surface area contributed by atoms with Gasteiger partial charge in [-0.15, -0.1) is 0 Å². The molecule has 1 aliphatic carbocycles. The zero-order valence-corrected chi connectivity index (χ0v) is 21.2. The number of Topliss-reactive ketones (excluding diaryl/α,β-unsaturated/α-hetero) is 1. The Morgan fingerprint density at radius 1 is 1.26 bits per heavy atom.